The van der Waals surface area contributed by atoms with Gasteiger partial charge in [0.25, 0.3) is 0 Å². The number of carbonyl (C=O) groups is 2. The molecule has 0 aliphatic carbocycles. The molecule has 35 heavy (non-hydrogen) atoms. The molecule has 1 aliphatic heterocycles. The quantitative estimate of drug-likeness (QED) is 0.171. The van der Waals surface area contributed by atoms with Gasteiger partial charge in [-0.05, 0) is 74.1 Å². The number of rotatable bonds is 11. The highest BCUT2D eigenvalue weighted by molar-refractivity contribution is 5.85. The number of esters is 1. The second-order valence-corrected chi connectivity index (χ2v) is 10.0. The molecule has 0 N–H and O–H groups in total. The molecule has 4 nitrogen and oxygen atoms in total. The van der Waals surface area contributed by atoms with E-state index in [9.17, 15) is 9.59 Å². The first-order valence-electron chi connectivity index (χ1n) is 13.0. The third-order valence-electron chi connectivity index (χ3n) is 7.44. The van der Waals surface area contributed by atoms with E-state index in [4.69, 9.17) is 11.2 Å². The maximum atomic E-state index is 13.8. The van der Waals surface area contributed by atoms with Crippen LogP contribution in [-0.2, 0) is 22.6 Å². The largest absolute Gasteiger partial charge is 0.427 e. The summed E-state index contributed by atoms with van der Waals surface area (Å²) in [6, 6.07) is 14.1. The van der Waals surface area contributed by atoms with Crippen LogP contribution in [0.3, 0.4) is 0 Å². The molecular formula is C31H40NO3+. The van der Waals surface area contributed by atoms with Crippen LogP contribution in [0.15, 0.2) is 42.5 Å². The van der Waals surface area contributed by atoms with Crippen LogP contribution in [0.4, 0.5) is 0 Å². The van der Waals surface area contributed by atoms with Crippen molar-refractivity contribution in [3.05, 3.63) is 64.7 Å². The van der Waals surface area contributed by atoms with Crippen molar-refractivity contribution in [3.8, 4) is 18.1 Å². The molecular weight excluding hydrogens is 434 g/mol. The Hall–Kier alpha value is -2.90. The summed E-state index contributed by atoms with van der Waals surface area (Å²) in [6.45, 7) is 9.31. The predicted octanol–water partition coefficient (Wildman–Crippen LogP) is 6.10. The van der Waals surface area contributed by atoms with Crippen molar-refractivity contribution < 1.29 is 18.8 Å². The highest BCUT2D eigenvalue weighted by Gasteiger charge is 2.43. The fourth-order valence-electron chi connectivity index (χ4n) is 5.47. The Bertz CT molecular complexity index is 1030. The van der Waals surface area contributed by atoms with Crippen molar-refractivity contribution in [3.63, 3.8) is 0 Å². The Balaban J connectivity index is 1.80. The highest BCUT2D eigenvalue weighted by atomic mass is 16.5. The number of benzene rings is 2. The number of unbranched alkanes of at least 4 members (excludes halogenated alkanes) is 1. The minimum absolute atomic E-state index is 0.0237. The van der Waals surface area contributed by atoms with Crippen LogP contribution in [0.1, 0.15) is 74.1 Å². The van der Waals surface area contributed by atoms with Gasteiger partial charge in [-0.25, -0.2) is 0 Å². The van der Waals surface area contributed by atoms with Gasteiger partial charge in [-0.3, -0.25) is 9.59 Å². The van der Waals surface area contributed by atoms with E-state index in [1.165, 1.54) is 22.3 Å². The van der Waals surface area contributed by atoms with E-state index >= 15 is 0 Å². The molecule has 3 rings (SSSR count). The number of terminal acetylenes is 1. The van der Waals surface area contributed by atoms with Gasteiger partial charge < -0.3 is 9.22 Å². The van der Waals surface area contributed by atoms with Crippen LogP contribution in [-0.4, -0.2) is 35.4 Å². The van der Waals surface area contributed by atoms with E-state index in [0.717, 1.165) is 56.2 Å². The fraction of sp³-hybridized carbons (Fsp3) is 0.484. The molecule has 0 amide bonds. The van der Waals surface area contributed by atoms with Crippen LogP contribution in [0.25, 0.3) is 0 Å². The summed E-state index contributed by atoms with van der Waals surface area (Å²) in [6.07, 6.45) is 11.8. The molecule has 186 valence electrons. The first-order valence-corrected chi connectivity index (χ1v) is 13.0. The molecule has 0 radical (unpaired) electrons. The second-order valence-electron chi connectivity index (χ2n) is 10.0. The van der Waals surface area contributed by atoms with Gasteiger partial charge in [0.2, 0.25) is 0 Å². The average molecular weight is 475 g/mol. The number of quaternary nitrogens is 1. The summed E-state index contributed by atoms with van der Waals surface area (Å²) in [4.78, 5) is 25.7. The second kappa shape index (κ2) is 12.7. The van der Waals surface area contributed by atoms with Crippen LogP contribution in [0, 0.1) is 26.2 Å². The van der Waals surface area contributed by atoms with Crippen molar-refractivity contribution in [2.24, 2.45) is 0 Å². The van der Waals surface area contributed by atoms with Crippen molar-refractivity contribution in [1.29, 1.82) is 0 Å². The first kappa shape index (κ1) is 26.7. The van der Waals surface area contributed by atoms with Crippen LogP contribution >= 0.6 is 0 Å². The Morgan fingerprint density at radius 1 is 1.09 bits per heavy atom. The predicted molar refractivity (Wildman–Crippen MR) is 141 cm³/mol. The Labute approximate surface area is 211 Å². The van der Waals surface area contributed by atoms with Crippen molar-refractivity contribution in [1.82, 2.24) is 0 Å². The van der Waals surface area contributed by atoms with E-state index in [2.05, 4.69) is 44.9 Å². The molecule has 1 heterocycles. The molecule has 0 bridgehead atoms. The maximum absolute atomic E-state index is 13.8. The van der Waals surface area contributed by atoms with Crippen LogP contribution < -0.4 is 4.74 Å². The molecule has 4 heteroatoms. The minimum Gasteiger partial charge on any atom is -0.427 e. The molecule has 2 atom stereocenters. The zero-order valence-corrected chi connectivity index (χ0v) is 21.6. The number of aryl methyl sites for hydroxylation is 2. The first-order chi connectivity index (χ1) is 16.9. The smallest absolute Gasteiger partial charge is 0.312 e. The Morgan fingerprint density at radius 3 is 2.46 bits per heavy atom. The number of piperidine rings is 1. The lowest BCUT2D eigenvalue weighted by atomic mass is 9.88. The molecule has 1 aliphatic rings. The zero-order valence-electron chi connectivity index (χ0n) is 21.6. The van der Waals surface area contributed by atoms with E-state index < -0.39 is 0 Å². The van der Waals surface area contributed by atoms with E-state index in [1.807, 2.05) is 24.3 Å². The maximum Gasteiger partial charge on any atom is 0.312 e. The summed E-state index contributed by atoms with van der Waals surface area (Å²) in [7, 11) is 0. The normalized spacial score (nSPS) is 19.7. The van der Waals surface area contributed by atoms with E-state index in [0.29, 0.717) is 24.4 Å². The van der Waals surface area contributed by atoms with Gasteiger partial charge in [0.15, 0.2) is 5.78 Å². The number of hydrogen-bond acceptors (Lipinski definition) is 3. The number of nitrogens with zero attached hydrogens (tertiary/aromatic N) is 1. The summed E-state index contributed by atoms with van der Waals surface area (Å²) >= 11 is 0. The summed E-state index contributed by atoms with van der Waals surface area (Å²) in [5, 5.41) is 0. The lowest BCUT2D eigenvalue weighted by molar-refractivity contribution is -0.959. The van der Waals surface area contributed by atoms with Crippen molar-refractivity contribution >= 4 is 11.8 Å². The number of Topliss-reactive ketones (excluding diaryl/α,β-unsaturated/α-hetero) is 1. The third-order valence-corrected chi connectivity index (χ3v) is 7.44. The van der Waals surface area contributed by atoms with Gasteiger partial charge in [0, 0.05) is 24.8 Å². The van der Waals surface area contributed by atoms with Crippen molar-refractivity contribution in [2.45, 2.75) is 84.7 Å². The zero-order chi connectivity index (χ0) is 25.3. The van der Waals surface area contributed by atoms with Crippen LogP contribution in [0.2, 0.25) is 0 Å². The number of carbonyl (C=O) groups excluding carboxylic acids is 2. The lowest BCUT2D eigenvalue weighted by Gasteiger charge is -2.47. The molecule has 1 saturated heterocycles. The van der Waals surface area contributed by atoms with Gasteiger partial charge in [0.1, 0.15) is 18.3 Å². The molecule has 0 aromatic heterocycles. The number of ketones is 1. The molecule has 2 aromatic rings. The van der Waals surface area contributed by atoms with Gasteiger partial charge in [-0.15, -0.1) is 12.3 Å². The SMILES string of the molecule is C#CCCC(=O)Oc1ccc(C[N+]2(CCCC)CCCCC2C(=O)Cc2c(C)cccc2C)cc1. The average Bonchev–Trinajstić information content (AvgIpc) is 2.85. The molecule has 0 saturated carbocycles. The lowest BCUT2D eigenvalue weighted by Crippen LogP contribution is -2.61. The molecule has 1 fully saturated rings. The van der Waals surface area contributed by atoms with E-state index in [1.54, 1.807) is 0 Å². The fourth-order valence-corrected chi connectivity index (χ4v) is 5.47. The topological polar surface area (TPSA) is 43.4 Å². The van der Waals surface area contributed by atoms with Gasteiger partial charge >= 0.3 is 5.97 Å². The summed E-state index contributed by atoms with van der Waals surface area (Å²) < 4.78 is 6.24. The third kappa shape index (κ3) is 7.05. The van der Waals surface area contributed by atoms with Gasteiger partial charge in [0.05, 0.1) is 19.5 Å². The molecule has 2 aromatic carbocycles. The molecule has 2 unspecified atom stereocenters. The number of hydrogen-bond donors (Lipinski definition) is 0. The number of ether oxygens (including phenoxy) is 1. The van der Waals surface area contributed by atoms with E-state index in [-0.39, 0.29) is 18.4 Å². The standard InChI is InChI=1S/C31H40NO3/c1-5-7-15-31(34)35-27-18-16-26(17-19-27)23-32(20-8-6-2)21-10-9-14-29(32)30(33)22-28-24(3)12-11-13-25(28)4/h1,11-13,16-19,29H,6-10,14-15,20-23H2,2-4H3/q+1. The monoisotopic (exact) mass is 474 g/mol. The molecule has 0 spiro atoms. The Morgan fingerprint density at radius 2 is 1.80 bits per heavy atom. The van der Waals surface area contributed by atoms with Gasteiger partial charge in [-0.2, -0.15) is 0 Å². The van der Waals surface area contributed by atoms with Crippen LogP contribution in [0.5, 0.6) is 5.75 Å². The number of likely N-dealkylation sites (tertiary alicyclic amines) is 1. The van der Waals surface area contributed by atoms with Gasteiger partial charge in [-0.1, -0.05) is 31.5 Å². The Kier molecular flexibility index (Phi) is 9.69. The summed E-state index contributed by atoms with van der Waals surface area (Å²) in [5.41, 5.74) is 4.77. The van der Waals surface area contributed by atoms with Crippen molar-refractivity contribution in [2.75, 3.05) is 13.1 Å². The highest BCUT2D eigenvalue weighted by Crippen LogP contribution is 2.32. The summed E-state index contributed by atoms with van der Waals surface area (Å²) in [5.74, 6) is 3.07. The minimum atomic E-state index is -0.310.